The highest BCUT2D eigenvalue weighted by Gasteiger charge is 2.09. The first kappa shape index (κ1) is 13.3. The molecule has 2 N–H and O–H groups in total. The Kier molecular flexibility index (Phi) is 3.69. The summed E-state index contributed by atoms with van der Waals surface area (Å²) in [6.45, 7) is 5.70. The topological polar surface area (TPSA) is 48.1 Å². The van der Waals surface area contributed by atoms with Crippen LogP contribution >= 0.6 is 0 Å². The third-order valence-electron chi connectivity index (χ3n) is 3.20. The number of anilines is 1. The van der Waals surface area contributed by atoms with Crippen molar-refractivity contribution < 1.29 is 9.13 Å². The molecule has 0 bridgehead atoms. The van der Waals surface area contributed by atoms with Crippen LogP contribution in [-0.2, 0) is 6.61 Å². The Labute approximate surface area is 112 Å². The second-order valence-corrected chi connectivity index (χ2v) is 4.60. The number of hydrogen-bond donors (Lipinski definition) is 1. The van der Waals surface area contributed by atoms with E-state index in [-0.39, 0.29) is 18.2 Å². The maximum Gasteiger partial charge on any atom is 0.167 e. The van der Waals surface area contributed by atoms with Crippen LogP contribution in [0.25, 0.3) is 0 Å². The first-order chi connectivity index (χ1) is 9.00. The number of ether oxygens (including phenoxy) is 1. The summed E-state index contributed by atoms with van der Waals surface area (Å²) in [6, 6.07) is 5.07. The molecule has 100 valence electrons. The van der Waals surface area contributed by atoms with Crippen molar-refractivity contribution in [3.8, 4) is 5.75 Å². The molecule has 2 rings (SSSR count). The van der Waals surface area contributed by atoms with Crippen molar-refractivity contribution in [2.24, 2.45) is 0 Å². The highest BCUT2D eigenvalue weighted by molar-refractivity contribution is 5.53. The van der Waals surface area contributed by atoms with Crippen molar-refractivity contribution in [3.05, 3.63) is 52.6 Å². The Bertz CT molecular complexity index is 611. The maximum absolute atomic E-state index is 13.8. The zero-order valence-corrected chi connectivity index (χ0v) is 11.3. The predicted molar refractivity (Wildman–Crippen MR) is 73.6 cm³/mol. The number of aromatic nitrogens is 1. The molecule has 0 atom stereocenters. The van der Waals surface area contributed by atoms with E-state index in [0.29, 0.717) is 11.3 Å². The molecule has 2 aromatic rings. The molecule has 0 fully saturated rings. The van der Waals surface area contributed by atoms with E-state index < -0.39 is 0 Å². The van der Waals surface area contributed by atoms with E-state index in [9.17, 15) is 4.39 Å². The molecule has 0 radical (unpaired) electrons. The number of benzene rings is 1. The summed E-state index contributed by atoms with van der Waals surface area (Å²) in [5, 5.41) is 0. The molecule has 1 aromatic heterocycles. The standard InChI is InChI=1S/C15H17FN2O/c1-9-5-4-6-13(14(9)16)19-8-12-11(3)15(17)10(2)7-18-12/h4-7H,8H2,1-3H3,(H2,17,18). The SMILES string of the molecule is Cc1cnc(COc2cccc(C)c2F)c(C)c1N. The summed E-state index contributed by atoms with van der Waals surface area (Å²) in [4.78, 5) is 4.28. The van der Waals surface area contributed by atoms with E-state index in [1.165, 1.54) is 0 Å². The van der Waals surface area contributed by atoms with E-state index in [0.717, 1.165) is 16.8 Å². The van der Waals surface area contributed by atoms with Gasteiger partial charge in [0, 0.05) is 11.9 Å². The molecule has 0 aliphatic rings. The second kappa shape index (κ2) is 5.26. The summed E-state index contributed by atoms with van der Waals surface area (Å²) < 4.78 is 19.3. The van der Waals surface area contributed by atoms with Crippen LogP contribution in [0.3, 0.4) is 0 Å². The number of nitrogens with two attached hydrogens (primary N) is 1. The second-order valence-electron chi connectivity index (χ2n) is 4.60. The minimum absolute atomic E-state index is 0.205. The molecular formula is C15H17FN2O. The van der Waals surface area contributed by atoms with Gasteiger partial charge in [0.1, 0.15) is 6.61 Å². The van der Waals surface area contributed by atoms with Crippen LogP contribution in [0.4, 0.5) is 10.1 Å². The van der Waals surface area contributed by atoms with Crippen LogP contribution in [0, 0.1) is 26.6 Å². The number of halogens is 1. The van der Waals surface area contributed by atoms with Gasteiger partial charge in [0.05, 0.1) is 5.69 Å². The normalized spacial score (nSPS) is 10.5. The van der Waals surface area contributed by atoms with Crippen molar-refractivity contribution in [2.45, 2.75) is 27.4 Å². The van der Waals surface area contributed by atoms with Crippen LogP contribution in [0.15, 0.2) is 24.4 Å². The van der Waals surface area contributed by atoms with Gasteiger partial charge in [0.15, 0.2) is 11.6 Å². The molecule has 4 heteroatoms. The van der Waals surface area contributed by atoms with E-state index in [1.807, 2.05) is 13.8 Å². The van der Waals surface area contributed by atoms with Crippen molar-refractivity contribution >= 4 is 5.69 Å². The molecule has 1 heterocycles. The average molecular weight is 260 g/mol. The van der Waals surface area contributed by atoms with Gasteiger partial charge < -0.3 is 10.5 Å². The van der Waals surface area contributed by atoms with E-state index in [2.05, 4.69) is 4.98 Å². The highest BCUT2D eigenvalue weighted by Crippen LogP contribution is 2.23. The number of nitrogen functional groups attached to an aromatic ring is 1. The first-order valence-electron chi connectivity index (χ1n) is 6.09. The lowest BCUT2D eigenvalue weighted by molar-refractivity contribution is 0.284. The number of pyridine rings is 1. The predicted octanol–water partition coefficient (Wildman–Crippen LogP) is 3.31. The molecule has 0 amide bonds. The molecule has 1 aromatic carbocycles. The van der Waals surface area contributed by atoms with E-state index >= 15 is 0 Å². The zero-order valence-electron chi connectivity index (χ0n) is 11.3. The lowest BCUT2D eigenvalue weighted by Gasteiger charge is -2.12. The molecule has 0 aliphatic carbocycles. The van der Waals surface area contributed by atoms with E-state index in [4.69, 9.17) is 10.5 Å². The van der Waals surface area contributed by atoms with Crippen molar-refractivity contribution in [1.82, 2.24) is 4.98 Å². The molecule has 3 nitrogen and oxygen atoms in total. The smallest absolute Gasteiger partial charge is 0.167 e. The van der Waals surface area contributed by atoms with Gasteiger partial charge in [-0.2, -0.15) is 0 Å². The molecule has 0 aliphatic heterocycles. The van der Waals surface area contributed by atoms with Gasteiger partial charge >= 0.3 is 0 Å². The van der Waals surface area contributed by atoms with Crippen LogP contribution in [0.1, 0.15) is 22.4 Å². The fraction of sp³-hybridized carbons (Fsp3) is 0.267. The van der Waals surface area contributed by atoms with Gasteiger partial charge in [-0.15, -0.1) is 0 Å². The van der Waals surface area contributed by atoms with Crippen molar-refractivity contribution in [1.29, 1.82) is 0 Å². The lowest BCUT2D eigenvalue weighted by Crippen LogP contribution is -2.06. The Morgan fingerprint density at radius 3 is 2.68 bits per heavy atom. The van der Waals surface area contributed by atoms with Crippen molar-refractivity contribution in [3.63, 3.8) is 0 Å². The summed E-state index contributed by atoms with van der Waals surface area (Å²) in [5.74, 6) is -0.0967. The van der Waals surface area contributed by atoms with Crippen LogP contribution in [0.5, 0.6) is 5.75 Å². The van der Waals surface area contributed by atoms with Crippen molar-refractivity contribution in [2.75, 3.05) is 5.73 Å². The Balaban J connectivity index is 2.20. The lowest BCUT2D eigenvalue weighted by atomic mass is 10.1. The third kappa shape index (κ3) is 2.67. The molecule has 0 saturated heterocycles. The quantitative estimate of drug-likeness (QED) is 0.921. The molecular weight excluding hydrogens is 243 g/mol. The molecule has 0 spiro atoms. The Morgan fingerprint density at radius 2 is 1.95 bits per heavy atom. The number of rotatable bonds is 3. The van der Waals surface area contributed by atoms with Gasteiger partial charge in [-0.1, -0.05) is 12.1 Å². The zero-order chi connectivity index (χ0) is 14.0. The minimum Gasteiger partial charge on any atom is -0.484 e. The van der Waals surface area contributed by atoms with Gasteiger partial charge in [-0.25, -0.2) is 4.39 Å². The van der Waals surface area contributed by atoms with E-state index in [1.54, 1.807) is 31.3 Å². The Morgan fingerprint density at radius 1 is 1.21 bits per heavy atom. The van der Waals surface area contributed by atoms with Crippen LogP contribution < -0.4 is 10.5 Å². The number of hydrogen-bond acceptors (Lipinski definition) is 3. The summed E-state index contributed by atoms with van der Waals surface area (Å²) >= 11 is 0. The molecule has 0 unspecified atom stereocenters. The molecule has 19 heavy (non-hydrogen) atoms. The largest absolute Gasteiger partial charge is 0.484 e. The van der Waals surface area contributed by atoms with Gasteiger partial charge in [-0.3, -0.25) is 4.98 Å². The first-order valence-corrected chi connectivity index (χ1v) is 6.09. The summed E-state index contributed by atoms with van der Waals surface area (Å²) in [5.41, 5.74) is 9.75. The van der Waals surface area contributed by atoms with Gasteiger partial charge in [-0.05, 0) is 43.5 Å². The Hall–Kier alpha value is -2.10. The summed E-state index contributed by atoms with van der Waals surface area (Å²) in [6.07, 6.45) is 1.70. The maximum atomic E-state index is 13.8. The van der Waals surface area contributed by atoms with Gasteiger partial charge in [0.25, 0.3) is 0 Å². The minimum atomic E-state index is -0.333. The fourth-order valence-electron chi connectivity index (χ4n) is 1.82. The molecule has 0 saturated carbocycles. The van der Waals surface area contributed by atoms with Crippen LogP contribution in [0.2, 0.25) is 0 Å². The highest BCUT2D eigenvalue weighted by atomic mass is 19.1. The third-order valence-corrected chi connectivity index (χ3v) is 3.20. The summed E-state index contributed by atoms with van der Waals surface area (Å²) in [7, 11) is 0. The average Bonchev–Trinajstić information content (AvgIpc) is 2.40. The monoisotopic (exact) mass is 260 g/mol. The van der Waals surface area contributed by atoms with Crippen LogP contribution in [-0.4, -0.2) is 4.98 Å². The van der Waals surface area contributed by atoms with Gasteiger partial charge in [0.2, 0.25) is 0 Å². The number of nitrogens with zero attached hydrogens (tertiary/aromatic N) is 1. The number of aryl methyl sites for hydroxylation is 2. The fourth-order valence-corrected chi connectivity index (χ4v) is 1.82.